The van der Waals surface area contributed by atoms with Crippen molar-refractivity contribution < 1.29 is 0 Å². The number of nitrogens with one attached hydrogen (secondary N) is 1. The zero-order valence-corrected chi connectivity index (χ0v) is 15.2. The first-order valence-corrected chi connectivity index (χ1v) is 8.61. The summed E-state index contributed by atoms with van der Waals surface area (Å²) in [5.74, 6) is 0. The average Bonchev–Trinajstić information content (AvgIpc) is 2.96. The van der Waals surface area contributed by atoms with Gasteiger partial charge in [-0.05, 0) is 36.2 Å². The van der Waals surface area contributed by atoms with Crippen molar-refractivity contribution in [1.29, 1.82) is 0 Å². The maximum atomic E-state index is 3.54. The van der Waals surface area contributed by atoms with Crippen LogP contribution in [0.5, 0.6) is 0 Å². The SMILES string of the molecule is CCn1c2ccccc2c2cc(CNCc3ccccc3)ccc21.Cl. The van der Waals surface area contributed by atoms with Crippen molar-refractivity contribution in [1.82, 2.24) is 9.88 Å². The fraction of sp³-hybridized carbons (Fsp3) is 0.182. The number of halogens is 1. The van der Waals surface area contributed by atoms with Crippen LogP contribution in [0, 0.1) is 0 Å². The van der Waals surface area contributed by atoms with E-state index in [9.17, 15) is 0 Å². The van der Waals surface area contributed by atoms with E-state index in [0.717, 1.165) is 19.6 Å². The van der Waals surface area contributed by atoms with Crippen LogP contribution in [-0.2, 0) is 19.6 Å². The Balaban J connectivity index is 0.00000182. The molecule has 0 unspecified atom stereocenters. The first-order chi connectivity index (χ1) is 11.9. The molecule has 1 heterocycles. The van der Waals surface area contributed by atoms with Gasteiger partial charge >= 0.3 is 0 Å². The number of fused-ring (bicyclic) bond motifs is 3. The second kappa shape index (κ2) is 7.73. The van der Waals surface area contributed by atoms with Gasteiger partial charge in [-0.1, -0.05) is 54.6 Å². The highest BCUT2D eigenvalue weighted by molar-refractivity contribution is 6.08. The number of aryl methyl sites for hydroxylation is 1. The topological polar surface area (TPSA) is 17.0 Å². The van der Waals surface area contributed by atoms with Crippen molar-refractivity contribution in [2.45, 2.75) is 26.6 Å². The van der Waals surface area contributed by atoms with Gasteiger partial charge in [0.05, 0.1) is 0 Å². The van der Waals surface area contributed by atoms with E-state index in [-0.39, 0.29) is 12.4 Å². The summed E-state index contributed by atoms with van der Waals surface area (Å²) in [5.41, 5.74) is 5.30. The molecule has 4 rings (SSSR count). The largest absolute Gasteiger partial charge is 0.341 e. The number of nitrogens with zero attached hydrogens (tertiary/aromatic N) is 1. The molecule has 0 spiro atoms. The minimum Gasteiger partial charge on any atom is -0.341 e. The lowest BCUT2D eigenvalue weighted by Gasteiger charge is -2.06. The van der Waals surface area contributed by atoms with Gasteiger partial charge in [-0.25, -0.2) is 0 Å². The van der Waals surface area contributed by atoms with Gasteiger partial charge in [-0.2, -0.15) is 0 Å². The van der Waals surface area contributed by atoms with Crippen molar-refractivity contribution in [3.05, 3.63) is 83.9 Å². The van der Waals surface area contributed by atoms with Crippen LogP contribution >= 0.6 is 12.4 Å². The third kappa shape index (κ3) is 3.41. The van der Waals surface area contributed by atoms with Gasteiger partial charge in [0.1, 0.15) is 0 Å². The zero-order valence-electron chi connectivity index (χ0n) is 14.4. The van der Waals surface area contributed by atoms with E-state index in [1.165, 1.54) is 32.9 Å². The molecule has 0 atom stereocenters. The lowest BCUT2D eigenvalue weighted by atomic mass is 10.1. The minimum atomic E-state index is 0. The Morgan fingerprint density at radius 2 is 1.40 bits per heavy atom. The molecule has 0 saturated carbocycles. The standard InChI is InChI=1S/C22H22N2.ClH/c1-2-24-21-11-7-6-10-19(21)20-14-18(12-13-22(20)24)16-23-15-17-8-4-3-5-9-17;/h3-14,23H,2,15-16H2,1H3;1H. The van der Waals surface area contributed by atoms with Crippen LogP contribution in [-0.4, -0.2) is 4.57 Å². The minimum absolute atomic E-state index is 0. The Morgan fingerprint density at radius 1 is 0.720 bits per heavy atom. The Bertz CT molecular complexity index is 973. The van der Waals surface area contributed by atoms with Crippen LogP contribution in [0.1, 0.15) is 18.1 Å². The number of rotatable bonds is 5. The van der Waals surface area contributed by atoms with Crippen LogP contribution in [0.2, 0.25) is 0 Å². The third-order valence-electron chi connectivity index (χ3n) is 4.65. The second-order valence-electron chi connectivity index (χ2n) is 6.20. The fourth-order valence-electron chi connectivity index (χ4n) is 3.50. The monoisotopic (exact) mass is 350 g/mol. The van der Waals surface area contributed by atoms with Gasteiger partial charge in [-0.3, -0.25) is 0 Å². The van der Waals surface area contributed by atoms with Gasteiger partial charge in [0.25, 0.3) is 0 Å². The van der Waals surface area contributed by atoms with E-state index in [1.54, 1.807) is 0 Å². The zero-order chi connectivity index (χ0) is 16.4. The molecule has 0 saturated heterocycles. The van der Waals surface area contributed by atoms with Gasteiger partial charge in [0.15, 0.2) is 0 Å². The van der Waals surface area contributed by atoms with E-state index < -0.39 is 0 Å². The molecule has 1 aromatic heterocycles. The molecule has 0 radical (unpaired) electrons. The van der Waals surface area contributed by atoms with E-state index in [0.29, 0.717) is 0 Å². The van der Waals surface area contributed by atoms with E-state index in [2.05, 4.69) is 89.6 Å². The molecule has 0 amide bonds. The number of para-hydroxylation sites is 1. The van der Waals surface area contributed by atoms with E-state index >= 15 is 0 Å². The quantitative estimate of drug-likeness (QED) is 0.501. The highest BCUT2D eigenvalue weighted by Crippen LogP contribution is 2.29. The summed E-state index contributed by atoms with van der Waals surface area (Å²) >= 11 is 0. The molecule has 25 heavy (non-hydrogen) atoms. The smallest absolute Gasteiger partial charge is 0.0491 e. The molecular weight excluding hydrogens is 328 g/mol. The van der Waals surface area contributed by atoms with Crippen molar-refractivity contribution >= 4 is 34.2 Å². The summed E-state index contributed by atoms with van der Waals surface area (Å²) in [7, 11) is 0. The number of benzene rings is 3. The Morgan fingerprint density at radius 3 is 2.20 bits per heavy atom. The second-order valence-corrected chi connectivity index (χ2v) is 6.20. The molecule has 128 valence electrons. The molecular formula is C22H23ClN2. The van der Waals surface area contributed by atoms with Crippen LogP contribution in [0.15, 0.2) is 72.8 Å². The molecule has 0 fully saturated rings. The number of hydrogen-bond donors (Lipinski definition) is 1. The summed E-state index contributed by atoms with van der Waals surface area (Å²) in [6.07, 6.45) is 0. The molecule has 3 heteroatoms. The number of aromatic nitrogens is 1. The third-order valence-corrected chi connectivity index (χ3v) is 4.65. The maximum absolute atomic E-state index is 3.54. The molecule has 0 aliphatic heterocycles. The van der Waals surface area contributed by atoms with Crippen LogP contribution in [0.25, 0.3) is 21.8 Å². The highest BCUT2D eigenvalue weighted by Gasteiger charge is 2.09. The summed E-state index contributed by atoms with van der Waals surface area (Å²) < 4.78 is 2.39. The molecule has 3 aromatic carbocycles. The summed E-state index contributed by atoms with van der Waals surface area (Å²) in [6.45, 7) is 4.99. The normalized spacial score (nSPS) is 10.9. The summed E-state index contributed by atoms with van der Waals surface area (Å²) in [4.78, 5) is 0. The molecule has 4 aromatic rings. The first-order valence-electron chi connectivity index (χ1n) is 8.61. The van der Waals surface area contributed by atoms with Gasteiger partial charge in [-0.15, -0.1) is 12.4 Å². The molecule has 0 aliphatic carbocycles. The van der Waals surface area contributed by atoms with Crippen molar-refractivity contribution in [3.63, 3.8) is 0 Å². The molecule has 1 N–H and O–H groups in total. The Labute approximate surface area is 154 Å². The maximum Gasteiger partial charge on any atom is 0.0491 e. The average molecular weight is 351 g/mol. The lowest BCUT2D eigenvalue weighted by molar-refractivity contribution is 0.694. The molecule has 0 bridgehead atoms. The van der Waals surface area contributed by atoms with Crippen LogP contribution in [0.3, 0.4) is 0 Å². The van der Waals surface area contributed by atoms with Gasteiger partial charge in [0, 0.05) is 41.4 Å². The fourth-order valence-corrected chi connectivity index (χ4v) is 3.50. The van der Waals surface area contributed by atoms with Crippen molar-refractivity contribution in [2.24, 2.45) is 0 Å². The lowest BCUT2D eigenvalue weighted by Crippen LogP contribution is -2.12. The number of hydrogen-bond acceptors (Lipinski definition) is 1. The van der Waals surface area contributed by atoms with Crippen LogP contribution < -0.4 is 5.32 Å². The van der Waals surface area contributed by atoms with Crippen molar-refractivity contribution in [2.75, 3.05) is 0 Å². The molecule has 2 nitrogen and oxygen atoms in total. The molecule has 0 aliphatic rings. The summed E-state index contributed by atoms with van der Waals surface area (Å²) in [5, 5.41) is 6.24. The van der Waals surface area contributed by atoms with Crippen LogP contribution in [0.4, 0.5) is 0 Å². The van der Waals surface area contributed by atoms with Gasteiger partial charge < -0.3 is 9.88 Å². The Kier molecular flexibility index (Phi) is 5.42. The Hall–Kier alpha value is -2.29. The highest BCUT2D eigenvalue weighted by atomic mass is 35.5. The van der Waals surface area contributed by atoms with Gasteiger partial charge in [0.2, 0.25) is 0 Å². The predicted octanol–water partition coefficient (Wildman–Crippen LogP) is 5.53. The van der Waals surface area contributed by atoms with E-state index in [4.69, 9.17) is 0 Å². The summed E-state index contributed by atoms with van der Waals surface area (Å²) in [6, 6.07) is 26.1. The first kappa shape index (κ1) is 17.5. The predicted molar refractivity (Wildman–Crippen MR) is 109 cm³/mol. The van der Waals surface area contributed by atoms with Crippen molar-refractivity contribution in [3.8, 4) is 0 Å². The van der Waals surface area contributed by atoms with E-state index in [1.807, 2.05) is 0 Å².